The number of carbonyl (C=O) groups is 3. The minimum atomic E-state index is -0.915. The highest BCUT2D eigenvalue weighted by Crippen LogP contribution is 2.36. The Morgan fingerprint density at radius 3 is 2.42 bits per heavy atom. The van der Waals surface area contributed by atoms with E-state index in [2.05, 4.69) is 10.6 Å². The van der Waals surface area contributed by atoms with E-state index in [1.807, 2.05) is 42.5 Å². The molecule has 3 rings (SSSR count). The maximum atomic E-state index is 12.9. The quantitative estimate of drug-likeness (QED) is 0.682. The fourth-order valence-electron chi connectivity index (χ4n) is 2.90. The number of benzene rings is 2. The maximum Gasteiger partial charge on any atom is 0.310 e. The minimum absolute atomic E-state index is 0.0262. The first-order valence-corrected chi connectivity index (χ1v) is 8.25. The van der Waals surface area contributed by atoms with Crippen molar-refractivity contribution in [2.24, 2.45) is 0 Å². The largest absolute Gasteiger partial charge is 0.395 e. The van der Waals surface area contributed by atoms with Crippen LogP contribution in [0.25, 0.3) is 0 Å². The lowest BCUT2D eigenvalue weighted by Crippen LogP contribution is -2.45. The van der Waals surface area contributed by atoms with Crippen molar-refractivity contribution in [1.82, 2.24) is 10.6 Å². The van der Waals surface area contributed by atoms with Crippen molar-refractivity contribution in [2.45, 2.75) is 12.6 Å². The van der Waals surface area contributed by atoms with Crippen LogP contribution in [0.5, 0.6) is 0 Å². The number of fused-ring (bicyclic) bond motifs is 1. The van der Waals surface area contributed by atoms with E-state index in [4.69, 9.17) is 5.11 Å². The van der Waals surface area contributed by atoms with E-state index in [1.54, 1.807) is 17.0 Å². The zero-order valence-corrected chi connectivity index (χ0v) is 14.0. The van der Waals surface area contributed by atoms with Crippen molar-refractivity contribution in [2.75, 3.05) is 18.1 Å². The van der Waals surface area contributed by atoms with E-state index in [9.17, 15) is 14.4 Å². The number of para-hydroxylation sites is 1. The van der Waals surface area contributed by atoms with Gasteiger partial charge in [-0.25, -0.2) is 0 Å². The second-order valence-corrected chi connectivity index (χ2v) is 5.85. The van der Waals surface area contributed by atoms with Crippen LogP contribution < -0.4 is 15.5 Å². The summed E-state index contributed by atoms with van der Waals surface area (Å²) in [5.41, 5.74) is 2.32. The van der Waals surface area contributed by atoms with Gasteiger partial charge < -0.3 is 20.6 Å². The second kappa shape index (κ2) is 7.79. The molecule has 0 spiro atoms. The SMILES string of the molecule is O=C(NCCO)C(=O)N[C@@H]1C(=O)N(Cc2ccccc2)c2ccccc21. The van der Waals surface area contributed by atoms with Gasteiger partial charge in [0.05, 0.1) is 13.2 Å². The number of aliphatic hydroxyl groups is 1. The van der Waals surface area contributed by atoms with Crippen LogP contribution in [0.2, 0.25) is 0 Å². The van der Waals surface area contributed by atoms with Crippen LogP contribution >= 0.6 is 0 Å². The van der Waals surface area contributed by atoms with Gasteiger partial charge in [0.2, 0.25) is 0 Å². The maximum absolute atomic E-state index is 12.9. The average Bonchev–Trinajstić information content (AvgIpc) is 2.93. The first-order chi connectivity index (χ1) is 12.6. The summed E-state index contributed by atoms with van der Waals surface area (Å²) in [6.45, 7) is 0.0798. The summed E-state index contributed by atoms with van der Waals surface area (Å²) in [5.74, 6) is -2.09. The Labute approximate surface area is 150 Å². The lowest BCUT2D eigenvalue weighted by Gasteiger charge is -2.18. The summed E-state index contributed by atoms with van der Waals surface area (Å²) in [5, 5.41) is 13.5. The molecule has 7 nitrogen and oxygen atoms in total. The van der Waals surface area contributed by atoms with E-state index >= 15 is 0 Å². The molecule has 3 N–H and O–H groups in total. The van der Waals surface area contributed by atoms with Crippen molar-refractivity contribution in [3.8, 4) is 0 Å². The molecule has 1 aliphatic rings. The molecule has 0 aromatic heterocycles. The van der Waals surface area contributed by atoms with Crippen molar-refractivity contribution in [3.63, 3.8) is 0 Å². The Balaban J connectivity index is 1.80. The van der Waals surface area contributed by atoms with Crippen LogP contribution in [0.4, 0.5) is 5.69 Å². The normalized spacial score (nSPS) is 15.5. The van der Waals surface area contributed by atoms with Gasteiger partial charge in [-0.05, 0) is 11.6 Å². The van der Waals surface area contributed by atoms with Gasteiger partial charge in [-0.15, -0.1) is 0 Å². The van der Waals surface area contributed by atoms with Gasteiger partial charge in [0.25, 0.3) is 5.91 Å². The zero-order valence-electron chi connectivity index (χ0n) is 14.0. The molecule has 26 heavy (non-hydrogen) atoms. The molecule has 0 aliphatic carbocycles. The molecular formula is C19H19N3O4. The molecule has 0 saturated heterocycles. The lowest BCUT2D eigenvalue weighted by atomic mass is 10.1. The van der Waals surface area contributed by atoms with Gasteiger partial charge >= 0.3 is 11.8 Å². The van der Waals surface area contributed by atoms with Crippen LogP contribution in [0.3, 0.4) is 0 Å². The van der Waals surface area contributed by atoms with Crippen molar-refractivity contribution in [1.29, 1.82) is 0 Å². The Kier molecular flexibility index (Phi) is 5.28. The summed E-state index contributed by atoms with van der Waals surface area (Å²) in [4.78, 5) is 38.2. The number of hydrogen-bond acceptors (Lipinski definition) is 4. The van der Waals surface area contributed by atoms with Gasteiger partial charge in [-0.3, -0.25) is 14.4 Å². The molecule has 0 unspecified atom stereocenters. The number of carbonyl (C=O) groups excluding carboxylic acids is 3. The molecule has 0 radical (unpaired) electrons. The van der Waals surface area contributed by atoms with Gasteiger partial charge in [0, 0.05) is 17.8 Å². The lowest BCUT2D eigenvalue weighted by molar-refractivity contribution is -0.140. The van der Waals surface area contributed by atoms with Crippen molar-refractivity contribution in [3.05, 3.63) is 65.7 Å². The van der Waals surface area contributed by atoms with Crippen LogP contribution in [0.15, 0.2) is 54.6 Å². The van der Waals surface area contributed by atoms with Gasteiger partial charge in [0.15, 0.2) is 0 Å². The first kappa shape index (κ1) is 17.6. The predicted octanol–water partition coefficient (Wildman–Crippen LogP) is 0.499. The molecule has 7 heteroatoms. The van der Waals surface area contributed by atoms with E-state index in [-0.39, 0.29) is 19.1 Å². The highest BCUT2D eigenvalue weighted by atomic mass is 16.3. The third-order valence-electron chi connectivity index (χ3n) is 4.11. The van der Waals surface area contributed by atoms with Crippen LogP contribution in [0.1, 0.15) is 17.2 Å². The Morgan fingerprint density at radius 2 is 1.69 bits per heavy atom. The monoisotopic (exact) mass is 353 g/mol. The molecule has 1 atom stereocenters. The van der Waals surface area contributed by atoms with E-state index in [1.165, 1.54) is 0 Å². The van der Waals surface area contributed by atoms with Crippen molar-refractivity contribution < 1.29 is 19.5 Å². The third-order valence-corrected chi connectivity index (χ3v) is 4.11. The molecule has 1 aliphatic heterocycles. The topological polar surface area (TPSA) is 98.7 Å². The molecule has 0 bridgehead atoms. The molecule has 134 valence electrons. The number of hydrogen-bond donors (Lipinski definition) is 3. The number of aliphatic hydroxyl groups excluding tert-OH is 1. The Hall–Kier alpha value is -3.19. The average molecular weight is 353 g/mol. The Bertz CT molecular complexity index is 823. The number of nitrogens with zero attached hydrogens (tertiary/aromatic N) is 1. The number of anilines is 1. The van der Waals surface area contributed by atoms with Gasteiger partial charge in [-0.2, -0.15) is 0 Å². The molecule has 1 heterocycles. The number of nitrogens with one attached hydrogen (secondary N) is 2. The summed E-state index contributed by atoms with van der Waals surface area (Å²) >= 11 is 0. The zero-order chi connectivity index (χ0) is 18.5. The highest BCUT2D eigenvalue weighted by Gasteiger charge is 2.38. The predicted molar refractivity (Wildman–Crippen MR) is 95.1 cm³/mol. The molecular weight excluding hydrogens is 334 g/mol. The summed E-state index contributed by atoms with van der Waals surface area (Å²) < 4.78 is 0. The Morgan fingerprint density at radius 1 is 1.00 bits per heavy atom. The van der Waals surface area contributed by atoms with Crippen LogP contribution in [-0.2, 0) is 20.9 Å². The minimum Gasteiger partial charge on any atom is -0.395 e. The first-order valence-electron chi connectivity index (χ1n) is 8.25. The molecule has 3 amide bonds. The number of rotatable bonds is 5. The van der Waals surface area contributed by atoms with Crippen LogP contribution in [-0.4, -0.2) is 36.0 Å². The summed E-state index contributed by atoms with van der Waals surface area (Å²) in [7, 11) is 0. The van der Waals surface area contributed by atoms with E-state index in [0.29, 0.717) is 17.8 Å². The molecule has 0 fully saturated rings. The standard InChI is InChI=1S/C19H19N3O4/c23-11-10-20-17(24)18(25)21-16-14-8-4-5-9-15(14)22(19(16)26)12-13-6-2-1-3-7-13/h1-9,16,23H,10-12H2,(H,20,24)(H,21,25)/t16-/m0/s1. The van der Waals surface area contributed by atoms with Crippen molar-refractivity contribution >= 4 is 23.4 Å². The third kappa shape index (κ3) is 3.57. The summed E-state index contributed by atoms with van der Waals surface area (Å²) in [6.07, 6.45) is 0. The molecule has 2 aromatic rings. The van der Waals surface area contributed by atoms with Gasteiger partial charge in [-0.1, -0.05) is 48.5 Å². The second-order valence-electron chi connectivity index (χ2n) is 5.85. The van der Waals surface area contributed by atoms with Crippen LogP contribution in [0, 0.1) is 0 Å². The smallest absolute Gasteiger partial charge is 0.310 e. The summed E-state index contributed by atoms with van der Waals surface area (Å²) in [6, 6.07) is 15.8. The molecule has 0 saturated carbocycles. The van der Waals surface area contributed by atoms with E-state index < -0.39 is 17.9 Å². The van der Waals surface area contributed by atoms with Gasteiger partial charge in [0.1, 0.15) is 6.04 Å². The number of amides is 3. The molecule has 2 aromatic carbocycles. The van der Waals surface area contributed by atoms with E-state index in [0.717, 1.165) is 5.56 Å². The fraction of sp³-hybridized carbons (Fsp3) is 0.211. The fourth-order valence-corrected chi connectivity index (χ4v) is 2.90. The highest BCUT2D eigenvalue weighted by molar-refractivity contribution is 6.35.